The summed E-state index contributed by atoms with van der Waals surface area (Å²) >= 11 is 5.92. The Morgan fingerprint density at radius 1 is 1.47 bits per heavy atom. The van der Waals surface area contributed by atoms with Gasteiger partial charge in [0.15, 0.2) is 0 Å². The van der Waals surface area contributed by atoms with Crippen molar-refractivity contribution in [2.45, 2.75) is 32.1 Å². The summed E-state index contributed by atoms with van der Waals surface area (Å²) in [7, 11) is 0. The Morgan fingerprint density at radius 3 is 2.67 bits per heavy atom. The van der Waals surface area contributed by atoms with E-state index < -0.39 is 0 Å². The van der Waals surface area contributed by atoms with Crippen molar-refractivity contribution in [1.29, 1.82) is 0 Å². The van der Waals surface area contributed by atoms with Gasteiger partial charge in [-0.2, -0.15) is 0 Å². The summed E-state index contributed by atoms with van der Waals surface area (Å²) in [6.45, 7) is 6.40. The van der Waals surface area contributed by atoms with Crippen molar-refractivity contribution < 1.29 is 0 Å². The topological polar surface area (TPSA) is 29.0 Å². The molecule has 0 unspecified atom stereocenters. The van der Waals surface area contributed by atoms with Gasteiger partial charge in [-0.15, -0.1) is 11.6 Å². The molecule has 2 rings (SSSR count). The van der Waals surface area contributed by atoms with E-state index in [1.807, 2.05) is 6.20 Å². The first-order valence-corrected chi connectivity index (χ1v) is 5.92. The standard InChI is InChI=1S/C11H16ClN3/c1-8(2)11-13-7-10(9(6-12)14-11)15-4-3-5-15/h7-8H,3-6H2,1-2H3. The fourth-order valence-corrected chi connectivity index (χ4v) is 1.82. The van der Waals surface area contributed by atoms with Crippen LogP contribution in [-0.4, -0.2) is 23.1 Å². The van der Waals surface area contributed by atoms with Crippen molar-refractivity contribution in [2.75, 3.05) is 18.0 Å². The van der Waals surface area contributed by atoms with E-state index in [9.17, 15) is 0 Å². The van der Waals surface area contributed by atoms with Crippen molar-refractivity contribution in [1.82, 2.24) is 9.97 Å². The van der Waals surface area contributed by atoms with Crippen LogP contribution < -0.4 is 4.90 Å². The second kappa shape index (κ2) is 4.35. The summed E-state index contributed by atoms with van der Waals surface area (Å²) in [5.74, 6) is 1.71. The number of anilines is 1. The molecule has 0 atom stereocenters. The van der Waals surface area contributed by atoms with Crippen LogP contribution in [0.1, 0.15) is 37.7 Å². The Morgan fingerprint density at radius 2 is 2.20 bits per heavy atom. The van der Waals surface area contributed by atoms with Gasteiger partial charge in [0.05, 0.1) is 23.5 Å². The van der Waals surface area contributed by atoms with Gasteiger partial charge in [0, 0.05) is 19.0 Å². The van der Waals surface area contributed by atoms with Crippen LogP contribution in [0.4, 0.5) is 5.69 Å². The number of aromatic nitrogens is 2. The molecule has 1 saturated heterocycles. The Bertz CT molecular complexity index is 348. The van der Waals surface area contributed by atoms with Gasteiger partial charge in [-0.05, 0) is 6.42 Å². The zero-order chi connectivity index (χ0) is 10.8. The van der Waals surface area contributed by atoms with Crippen LogP contribution in [0, 0.1) is 0 Å². The van der Waals surface area contributed by atoms with Crippen molar-refractivity contribution >= 4 is 17.3 Å². The van der Waals surface area contributed by atoms with Crippen molar-refractivity contribution in [3.63, 3.8) is 0 Å². The molecule has 15 heavy (non-hydrogen) atoms. The molecule has 0 aromatic carbocycles. The molecule has 0 amide bonds. The lowest BCUT2D eigenvalue weighted by Crippen LogP contribution is -2.38. The Hall–Kier alpha value is -0.830. The van der Waals surface area contributed by atoms with Crippen LogP contribution in [-0.2, 0) is 5.88 Å². The highest BCUT2D eigenvalue weighted by Gasteiger charge is 2.19. The molecular formula is C11H16ClN3. The summed E-state index contributed by atoms with van der Waals surface area (Å²) in [5, 5.41) is 0. The summed E-state index contributed by atoms with van der Waals surface area (Å²) in [6.07, 6.45) is 3.17. The zero-order valence-corrected chi connectivity index (χ0v) is 9.96. The summed E-state index contributed by atoms with van der Waals surface area (Å²) in [6, 6.07) is 0. The average molecular weight is 226 g/mol. The third-order valence-electron chi connectivity index (χ3n) is 2.70. The highest BCUT2D eigenvalue weighted by Crippen LogP contribution is 2.25. The molecule has 3 nitrogen and oxygen atoms in total. The fourth-order valence-electron chi connectivity index (χ4n) is 1.62. The quantitative estimate of drug-likeness (QED) is 0.741. The van der Waals surface area contributed by atoms with Gasteiger partial charge in [-0.1, -0.05) is 13.8 Å². The Labute approximate surface area is 95.5 Å². The lowest BCUT2D eigenvalue weighted by Gasteiger charge is -2.33. The SMILES string of the molecule is CC(C)c1ncc(N2CCC2)c(CCl)n1. The van der Waals surface area contributed by atoms with E-state index in [-0.39, 0.29) is 0 Å². The largest absolute Gasteiger partial charge is 0.369 e. The van der Waals surface area contributed by atoms with Gasteiger partial charge < -0.3 is 4.90 Å². The van der Waals surface area contributed by atoms with E-state index in [0.717, 1.165) is 30.3 Å². The molecule has 2 heterocycles. The van der Waals surface area contributed by atoms with Crippen LogP contribution in [0.5, 0.6) is 0 Å². The monoisotopic (exact) mass is 225 g/mol. The molecule has 1 aliphatic rings. The lowest BCUT2D eigenvalue weighted by atomic mass is 10.1. The molecule has 0 aliphatic carbocycles. The average Bonchev–Trinajstić information content (AvgIpc) is 2.15. The van der Waals surface area contributed by atoms with Gasteiger partial charge in [-0.3, -0.25) is 0 Å². The number of hydrogen-bond acceptors (Lipinski definition) is 3. The van der Waals surface area contributed by atoms with Gasteiger partial charge in [0.25, 0.3) is 0 Å². The summed E-state index contributed by atoms with van der Waals surface area (Å²) < 4.78 is 0. The van der Waals surface area contributed by atoms with E-state index in [2.05, 4.69) is 28.7 Å². The van der Waals surface area contributed by atoms with Crippen molar-refractivity contribution in [3.05, 3.63) is 17.7 Å². The predicted octanol–water partition coefficient (Wildman–Crippen LogP) is 2.55. The third-order valence-corrected chi connectivity index (χ3v) is 2.96. The lowest BCUT2D eigenvalue weighted by molar-refractivity contribution is 0.610. The summed E-state index contributed by atoms with van der Waals surface area (Å²) in [5.41, 5.74) is 2.08. The number of alkyl halides is 1. The molecule has 1 aromatic heterocycles. The van der Waals surface area contributed by atoms with Crippen LogP contribution >= 0.6 is 11.6 Å². The van der Waals surface area contributed by atoms with Crippen molar-refractivity contribution in [3.8, 4) is 0 Å². The molecule has 1 fully saturated rings. The minimum Gasteiger partial charge on any atom is -0.369 e. The minimum absolute atomic E-state index is 0.359. The number of rotatable bonds is 3. The molecule has 0 N–H and O–H groups in total. The molecule has 4 heteroatoms. The number of halogens is 1. The second-order valence-electron chi connectivity index (χ2n) is 4.19. The van der Waals surface area contributed by atoms with E-state index in [1.165, 1.54) is 6.42 Å². The number of hydrogen-bond donors (Lipinski definition) is 0. The first kappa shape index (κ1) is 10.7. The molecule has 0 spiro atoms. The van der Waals surface area contributed by atoms with Crippen molar-refractivity contribution in [2.24, 2.45) is 0 Å². The molecule has 1 aliphatic heterocycles. The highest BCUT2D eigenvalue weighted by atomic mass is 35.5. The maximum atomic E-state index is 5.92. The molecule has 82 valence electrons. The Balaban J connectivity index is 2.30. The van der Waals surface area contributed by atoms with Crippen LogP contribution in [0.2, 0.25) is 0 Å². The minimum atomic E-state index is 0.359. The van der Waals surface area contributed by atoms with Crippen LogP contribution in [0.15, 0.2) is 6.20 Å². The number of nitrogens with zero attached hydrogens (tertiary/aromatic N) is 3. The zero-order valence-electron chi connectivity index (χ0n) is 9.20. The van der Waals surface area contributed by atoms with E-state index in [0.29, 0.717) is 11.8 Å². The fraction of sp³-hybridized carbons (Fsp3) is 0.636. The normalized spacial score (nSPS) is 15.6. The van der Waals surface area contributed by atoms with E-state index in [1.54, 1.807) is 0 Å². The highest BCUT2D eigenvalue weighted by molar-refractivity contribution is 6.17. The van der Waals surface area contributed by atoms with E-state index in [4.69, 9.17) is 11.6 Å². The van der Waals surface area contributed by atoms with Gasteiger partial charge in [0.2, 0.25) is 0 Å². The van der Waals surface area contributed by atoms with Gasteiger partial charge in [-0.25, -0.2) is 9.97 Å². The molecular weight excluding hydrogens is 210 g/mol. The molecule has 0 bridgehead atoms. The molecule has 0 radical (unpaired) electrons. The molecule has 1 aromatic rings. The van der Waals surface area contributed by atoms with Crippen LogP contribution in [0.3, 0.4) is 0 Å². The van der Waals surface area contributed by atoms with E-state index >= 15 is 0 Å². The van der Waals surface area contributed by atoms with Gasteiger partial charge >= 0.3 is 0 Å². The first-order chi connectivity index (χ1) is 7.22. The summed E-state index contributed by atoms with van der Waals surface area (Å²) in [4.78, 5) is 11.2. The third kappa shape index (κ3) is 2.07. The predicted molar refractivity (Wildman–Crippen MR) is 62.5 cm³/mol. The molecule has 0 saturated carbocycles. The smallest absolute Gasteiger partial charge is 0.131 e. The maximum Gasteiger partial charge on any atom is 0.131 e. The maximum absolute atomic E-state index is 5.92. The van der Waals surface area contributed by atoms with Gasteiger partial charge in [0.1, 0.15) is 5.82 Å². The second-order valence-corrected chi connectivity index (χ2v) is 4.46. The first-order valence-electron chi connectivity index (χ1n) is 5.39. The Kier molecular flexibility index (Phi) is 3.10. The van der Waals surface area contributed by atoms with Crippen LogP contribution in [0.25, 0.3) is 0 Å².